The van der Waals surface area contributed by atoms with Crippen molar-refractivity contribution in [3.05, 3.63) is 11.1 Å². The smallest absolute Gasteiger partial charge is 0.275 e. The number of hydrogen-bond acceptors (Lipinski definition) is 4. The summed E-state index contributed by atoms with van der Waals surface area (Å²) in [7, 11) is 1.80. The van der Waals surface area contributed by atoms with Crippen LogP contribution in [0.4, 0.5) is 0 Å². The minimum atomic E-state index is -0.0775. The zero-order chi connectivity index (χ0) is 11.5. The second kappa shape index (κ2) is 5.10. The molecule has 0 saturated heterocycles. The molecule has 1 fully saturated rings. The number of nitrogens with zero attached hydrogens (tertiary/aromatic N) is 3. The molecular formula is C10H14ClN3OS. The third kappa shape index (κ3) is 2.35. The van der Waals surface area contributed by atoms with Crippen LogP contribution in [0, 0.1) is 0 Å². The summed E-state index contributed by atoms with van der Waals surface area (Å²) in [5.41, 5.74) is 0.418. The fraction of sp³-hybridized carbons (Fsp3) is 0.700. The van der Waals surface area contributed by atoms with Crippen molar-refractivity contribution in [1.82, 2.24) is 14.5 Å². The monoisotopic (exact) mass is 259 g/mol. The summed E-state index contributed by atoms with van der Waals surface area (Å²) in [6, 6.07) is 0.129. The molecule has 0 spiro atoms. The molecule has 2 rings (SSSR count). The van der Waals surface area contributed by atoms with Gasteiger partial charge in [0, 0.05) is 18.5 Å². The molecule has 1 aromatic heterocycles. The maximum Gasteiger partial charge on any atom is 0.275 e. The Labute approximate surface area is 104 Å². The molecule has 0 N–H and O–H groups in total. The summed E-state index contributed by atoms with van der Waals surface area (Å²) in [5, 5.41) is 5.53. The fourth-order valence-corrected chi connectivity index (χ4v) is 2.97. The van der Waals surface area contributed by atoms with Gasteiger partial charge in [-0.3, -0.25) is 4.79 Å². The molecule has 1 amide bonds. The topological polar surface area (TPSA) is 46.1 Å². The average Bonchev–Trinajstić information content (AvgIpc) is 2.81. The largest absolute Gasteiger partial charge is 0.336 e. The Balaban J connectivity index is 2.06. The standard InChI is InChI=1S/C10H14ClN3OS/c1-14(9-5-3-2-4-7(9)11)10(15)8-6-16-13-12-8/h6-7,9H,2-5H2,1H3. The van der Waals surface area contributed by atoms with Gasteiger partial charge < -0.3 is 4.90 Å². The van der Waals surface area contributed by atoms with Crippen molar-refractivity contribution in [1.29, 1.82) is 0 Å². The first-order valence-corrected chi connectivity index (χ1v) is 6.65. The second-order valence-electron chi connectivity index (χ2n) is 4.07. The van der Waals surface area contributed by atoms with Crippen LogP contribution in [-0.4, -0.2) is 38.9 Å². The zero-order valence-corrected chi connectivity index (χ0v) is 10.7. The predicted octanol–water partition coefficient (Wildman–Crippen LogP) is 2.16. The van der Waals surface area contributed by atoms with Crippen molar-refractivity contribution in [3.8, 4) is 0 Å². The van der Waals surface area contributed by atoms with Crippen LogP contribution < -0.4 is 0 Å². The number of carbonyl (C=O) groups is 1. The van der Waals surface area contributed by atoms with Crippen molar-refractivity contribution in [2.24, 2.45) is 0 Å². The summed E-state index contributed by atoms with van der Waals surface area (Å²) in [5.74, 6) is -0.0775. The van der Waals surface area contributed by atoms with Gasteiger partial charge in [-0.25, -0.2) is 0 Å². The van der Waals surface area contributed by atoms with Crippen LogP contribution in [0.5, 0.6) is 0 Å². The molecule has 0 bridgehead atoms. The Hall–Kier alpha value is -0.680. The number of carbonyl (C=O) groups excluding carboxylic acids is 1. The van der Waals surface area contributed by atoms with Gasteiger partial charge in [-0.05, 0) is 24.4 Å². The summed E-state index contributed by atoms with van der Waals surface area (Å²) in [6.07, 6.45) is 4.26. The average molecular weight is 260 g/mol. The molecule has 4 nitrogen and oxygen atoms in total. The van der Waals surface area contributed by atoms with Crippen LogP contribution >= 0.6 is 23.1 Å². The predicted molar refractivity (Wildman–Crippen MR) is 63.9 cm³/mol. The normalized spacial score (nSPS) is 25.4. The maximum atomic E-state index is 12.0. The van der Waals surface area contributed by atoms with E-state index >= 15 is 0 Å². The van der Waals surface area contributed by atoms with E-state index in [9.17, 15) is 4.79 Å². The highest BCUT2D eigenvalue weighted by atomic mass is 35.5. The number of hydrogen-bond donors (Lipinski definition) is 0. The highest BCUT2D eigenvalue weighted by Crippen LogP contribution is 2.27. The molecule has 1 aliphatic rings. The molecule has 0 radical (unpaired) electrons. The van der Waals surface area contributed by atoms with Crippen molar-refractivity contribution in [3.63, 3.8) is 0 Å². The number of halogens is 1. The van der Waals surface area contributed by atoms with Gasteiger partial charge in [0.25, 0.3) is 5.91 Å². The van der Waals surface area contributed by atoms with Crippen LogP contribution in [0.1, 0.15) is 36.2 Å². The van der Waals surface area contributed by atoms with Gasteiger partial charge in [0.05, 0.1) is 5.38 Å². The lowest BCUT2D eigenvalue weighted by Crippen LogP contribution is -2.44. The van der Waals surface area contributed by atoms with E-state index in [0.29, 0.717) is 5.69 Å². The van der Waals surface area contributed by atoms with Crippen LogP contribution in [-0.2, 0) is 0 Å². The van der Waals surface area contributed by atoms with E-state index in [2.05, 4.69) is 9.59 Å². The van der Waals surface area contributed by atoms with Crippen LogP contribution in [0.3, 0.4) is 0 Å². The van der Waals surface area contributed by atoms with E-state index in [1.54, 1.807) is 17.3 Å². The van der Waals surface area contributed by atoms with Crippen LogP contribution in [0.15, 0.2) is 5.38 Å². The van der Waals surface area contributed by atoms with E-state index in [4.69, 9.17) is 11.6 Å². The van der Waals surface area contributed by atoms with Gasteiger partial charge in [-0.2, -0.15) is 0 Å². The van der Waals surface area contributed by atoms with E-state index in [1.807, 2.05) is 0 Å². The Morgan fingerprint density at radius 1 is 1.56 bits per heavy atom. The summed E-state index contributed by atoms with van der Waals surface area (Å²) >= 11 is 7.45. The Kier molecular flexibility index (Phi) is 3.76. The molecule has 1 aliphatic carbocycles. The second-order valence-corrected chi connectivity index (χ2v) is 5.24. The SMILES string of the molecule is CN(C(=O)c1csnn1)C1CCCCC1Cl. The molecule has 6 heteroatoms. The van der Waals surface area contributed by atoms with Crippen LogP contribution in [0.25, 0.3) is 0 Å². The van der Waals surface area contributed by atoms with Crippen molar-refractivity contribution in [2.45, 2.75) is 37.1 Å². The summed E-state index contributed by atoms with van der Waals surface area (Å²) < 4.78 is 3.70. The highest BCUT2D eigenvalue weighted by Gasteiger charge is 2.30. The minimum Gasteiger partial charge on any atom is -0.336 e. The lowest BCUT2D eigenvalue weighted by Gasteiger charge is -2.34. The van der Waals surface area contributed by atoms with Gasteiger partial charge in [0.15, 0.2) is 5.69 Å². The zero-order valence-electron chi connectivity index (χ0n) is 9.10. The number of rotatable bonds is 2. The molecule has 1 heterocycles. The van der Waals surface area contributed by atoms with E-state index in [1.165, 1.54) is 11.5 Å². The summed E-state index contributed by atoms with van der Waals surface area (Å²) in [6.45, 7) is 0. The Morgan fingerprint density at radius 3 is 2.94 bits per heavy atom. The summed E-state index contributed by atoms with van der Waals surface area (Å²) in [4.78, 5) is 13.7. The third-order valence-electron chi connectivity index (χ3n) is 3.04. The number of aromatic nitrogens is 2. The van der Waals surface area contributed by atoms with Gasteiger partial charge in [0.2, 0.25) is 0 Å². The van der Waals surface area contributed by atoms with Gasteiger partial charge in [-0.15, -0.1) is 16.7 Å². The van der Waals surface area contributed by atoms with Gasteiger partial charge in [-0.1, -0.05) is 17.3 Å². The quantitative estimate of drug-likeness (QED) is 0.765. The first-order chi connectivity index (χ1) is 7.70. The number of amides is 1. The maximum absolute atomic E-state index is 12.0. The Bertz CT molecular complexity index is 357. The molecule has 88 valence electrons. The van der Waals surface area contributed by atoms with E-state index in [-0.39, 0.29) is 17.3 Å². The van der Waals surface area contributed by atoms with Gasteiger partial charge >= 0.3 is 0 Å². The van der Waals surface area contributed by atoms with E-state index < -0.39 is 0 Å². The van der Waals surface area contributed by atoms with E-state index in [0.717, 1.165) is 25.7 Å². The number of alkyl halides is 1. The van der Waals surface area contributed by atoms with Crippen LogP contribution in [0.2, 0.25) is 0 Å². The molecule has 0 aliphatic heterocycles. The molecule has 16 heavy (non-hydrogen) atoms. The fourth-order valence-electron chi connectivity index (χ4n) is 2.09. The minimum absolute atomic E-state index is 0.0642. The van der Waals surface area contributed by atoms with Crippen molar-refractivity contribution >= 4 is 29.0 Å². The third-order valence-corrected chi connectivity index (χ3v) is 4.06. The molecule has 1 aromatic rings. The van der Waals surface area contributed by atoms with Gasteiger partial charge in [0.1, 0.15) is 0 Å². The first kappa shape index (κ1) is 11.8. The molecule has 0 aromatic carbocycles. The van der Waals surface area contributed by atoms with Crippen molar-refractivity contribution in [2.75, 3.05) is 7.05 Å². The molecule has 2 unspecified atom stereocenters. The molecular weight excluding hydrogens is 246 g/mol. The Morgan fingerprint density at radius 2 is 2.31 bits per heavy atom. The molecule has 1 saturated carbocycles. The first-order valence-electron chi connectivity index (χ1n) is 5.38. The lowest BCUT2D eigenvalue weighted by atomic mass is 9.94. The molecule has 2 atom stereocenters. The lowest BCUT2D eigenvalue weighted by molar-refractivity contribution is 0.0694. The highest BCUT2D eigenvalue weighted by molar-refractivity contribution is 7.03. The van der Waals surface area contributed by atoms with Crippen molar-refractivity contribution < 1.29 is 4.79 Å².